The number of rotatable bonds is 6. The van der Waals surface area contributed by atoms with Crippen LogP contribution >= 0.6 is 0 Å². The van der Waals surface area contributed by atoms with E-state index in [9.17, 15) is 14.4 Å². The Morgan fingerprint density at radius 1 is 0.778 bits per heavy atom. The van der Waals surface area contributed by atoms with Crippen LogP contribution in [-0.2, 0) is 9.59 Å². The predicted octanol–water partition coefficient (Wildman–Crippen LogP) is 5.17. The monoisotopic (exact) mass is 475 g/mol. The number of Topliss-reactive ketones (excluding diaryl/α,β-unsaturated/α-hetero) is 1. The van der Waals surface area contributed by atoms with E-state index >= 15 is 0 Å². The molecular formula is C31H25NO4. The number of benzene rings is 3. The molecule has 0 spiro atoms. The van der Waals surface area contributed by atoms with Gasteiger partial charge in [0.25, 0.3) is 0 Å². The minimum Gasteiger partial charge on any atom is -0.485 e. The van der Waals surface area contributed by atoms with Crippen molar-refractivity contribution in [2.24, 2.45) is 35.5 Å². The molecule has 178 valence electrons. The Kier molecular flexibility index (Phi) is 4.75. The van der Waals surface area contributed by atoms with Crippen LogP contribution in [0.5, 0.6) is 5.75 Å². The molecule has 2 amide bonds. The molecule has 6 unspecified atom stereocenters. The summed E-state index contributed by atoms with van der Waals surface area (Å²) in [6, 6.07) is 24.4. The number of imide groups is 1. The number of ketones is 1. The first-order chi connectivity index (χ1) is 17.6. The van der Waals surface area contributed by atoms with Gasteiger partial charge in [-0.3, -0.25) is 14.4 Å². The van der Waals surface area contributed by atoms with Crippen molar-refractivity contribution in [3.63, 3.8) is 0 Å². The van der Waals surface area contributed by atoms with E-state index in [0.29, 0.717) is 28.8 Å². The van der Waals surface area contributed by atoms with Crippen molar-refractivity contribution in [2.45, 2.75) is 6.42 Å². The molecule has 6 atom stereocenters. The summed E-state index contributed by atoms with van der Waals surface area (Å²) in [6.45, 7) is -0.126. The van der Waals surface area contributed by atoms with Crippen LogP contribution in [-0.4, -0.2) is 24.2 Å². The lowest BCUT2D eigenvalue weighted by atomic mass is 9.63. The van der Waals surface area contributed by atoms with Crippen LogP contribution in [0.15, 0.2) is 91.0 Å². The second kappa shape index (κ2) is 8.02. The predicted molar refractivity (Wildman–Crippen MR) is 135 cm³/mol. The first kappa shape index (κ1) is 21.3. The van der Waals surface area contributed by atoms with Crippen molar-refractivity contribution >= 4 is 23.3 Å². The fourth-order valence-electron chi connectivity index (χ4n) is 6.64. The maximum Gasteiger partial charge on any atom is 0.238 e. The number of amides is 2. The fraction of sp³-hybridized carbons (Fsp3) is 0.258. The summed E-state index contributed by atoms with van der Waals surface area (Å²) < 4.78 is 5.79. The second-order valence-corrected chi connectivity index (χ2v) is 10.3. The molecule has 2 saturated carbocycles. The van der Waals surface area contributed by atoms with Gasteiger partial charge in [0.1, 0.15) is 5.75 Å². The average Bonchev–Trinajstić information content (AvgIpc) is 3.71. The van der Waals surface area contributed by atoms with Crippen LogP contribution in [0.2, 0.25) is 0 Å². The summed E-state index contributed by atoms with van der Waals surface area (Å²) in [5.74, 6) is 1.18. The highest BCUT2D eigenvalue weighted by atomic mass is 16.5. The van der Waals surface area contributed by atoms with Gasteiger partial charge in [0.15, 0.2) is 12.4 Å². The Morgan fingerprint density at radius 2 is 1.42 bits per heavy atom. The van der Waals surface area contributed by atoms with Crippen LogP contribution in [0.3, 0.4) is 0 Å². The van der Waals surface area contributed by atoms with Crippen molar-refractivity contribution < 1.29 is 19.1 Å². The van der Waals surface area contributed by atoms with E-state index in [1.165, 1.54) is 4.90 Å². The van der Waals surface area contributed by atoms with Gasteiger partial charge >= 0.3 is 0 Å². The molecule has 3 fully saturated rings. The fourth-order valence-corrected chi connectivity index (χ4v) is 6.64. The van der Waals surface area contributed by atoms with Crippen molar-refractivity contribution in [3.05, 3.63) is 96.6 Å². The van der Waals surface area contributed by atoms with Crippen LogP contribution in [0.1, 0.15) is 16.8 Å². The van der Waals surface area contributed by atoms with Gasteiger partial charge in [-0.1, -0.05) is 72.8 Å². The Morgan fingerprint density at radius 3 is 2.08 bits per heavy atom. The zero-order valence-electron chi connectivity index (χ0n) is 19.6. The molecule has 1 aliphatic heterocycles. The lowest BCUT2D eigenvalue weighted by Crippen LogP contribution is -2.40. The van der Waals surface area contributed by atoms with E-state index in [1.807, 2.05) is 42.5 Å². The summed E-state index contributed by atoms with van der Waals surface area (Å²) in [5.41, 5.74) is 3.23. The van der Waals surface area contributed by atoms with Gasteiger partial charge in [-0.25, -0.2) is 4.90 Å². The highest BCUT2D eigenvalue weighted by molar-refractivity contribution is 6.22. The molecular weight excluding hydrogens is 450 g/mol. The lowest BCUT2D eigenvalue weighted by molar-refractivity contribution is -0.124. The standard InChI is InChI=1S/C31H25NO4/c33-27(20-11-9-19(10-12-20)18-5-2-1-3-6-18)17-36-22-8-4-7-21(15-22)32-30(34)28-23-13-14-24(26-16-25(23)26)29(28)31(32)35/h1-15,23-26,28-29H,16-17H2. The molecule has 0 aromatic heterocycles. The first-order valence-corrected chi connectivity index (χ1v) is 12.6. The minimum atomic E-state index is -0.235. The number of allylic oxidation sites excluding steroid dienone is 2. The van der Waals surface area contributed by atoms with Crippen LogP contribution in [0.25, 0.3) is 11.1 Å². The molecule has 3 aromatic rings. The van der Waals surface area contributed by atoms with E-state index in [2.05, 4.69) is 12.2 Å². The number of nitrogens with zero attached hydrogens (tertiary/aromatic N) is 1. The highest BCUT2D eigenvalue weighted by Gasteiger charge is 2.67. The number of hydrogen-bond donors (Lipinski definition) is 0. The Balaban J connectivity index is 1.05. The van der Waals surface area contributed by atoms with E-state index in [0.717, 1.165) is 17.5 Å². The Hall–Kier alpha value is -3.99. The third-order valence-corrected chi connectivity index (χ3v) is 8.42. The quantitative estimate of drug-likeness (QED) is 0.280. The third kappa shape index (κ3) is 3.26. The summed E-state index contributed by atoms with van der Waals surface area (Å²) in [5, 5.41) is 0. The van der Waals surface area contributed by atoms with E-state index in [4.69, 9.17) is 4.74 Å². The van der Waals surface area contributed by atoms with Crippen molar-refractivity contribution in [3.8, 4) is 16.9 Å². The molecule has 36 heavy (non-hydrogen) atoms. The van der Waals surface area contributed by atoms with Gasteiger partial charge in [0.2, 0.25) is 11.8 Å². The van der Waals surface area contributed by atoms with E-state index < -0.39 is 0 Å². The average molecular weight is 476 g/mol. The van der Waals surface area contributed by atoms with Crippen molar-refractivity contribution in [1.82, 2.24) is 0 Å². The van der Waals surface area contributed by atoms with Gasteiger partial charge < -0.3 is 4.74 Å². The highest BCUT2D eigenvalue weighted by Crippen LogP contribution is 2.65. The normalized spacial score (nSPS) is 29.2. The SMILES string of the molecule is O=C(COc1cccc(N2C(=O)C3C4C=CC(C5CC45)C3C2=O)c1)c1ccc(-c2ccccc2)cc1. The van der Waals surface area contributed by atoms with E-state index in [1.54, 1.807) is 36.4 Å². The summed E-state index contributed by atoms with van der Waals surface area (Å²) in [7, 11) is 0. The number of carbonyl (C=O) groups is 3. The molecule has 8 rings (SSSR count). The largest absolute Gasteiger partial charge is 0.485 e. The molecule has 3 aromatic carbocycles. The topological polar surface area (TPSA) is 63.7 Å². The van der Waals surface area contributed by atoms with E-state index in [-0.39, 0.29) is 47.9 Å². The van der Waals surface area contributed by atoms with Crippen molar-refractivity contribution in [2.75, 3.05) is 11.5 Å². The Labute approximate surface area is 209 Å². The molecule has 5 heteroatoms. The summed E-state index contributed by atoms with van der Waals surface area (Å²) in [4.78, 5) is 40.8. The van der Waals surface area contributed by atoms with Gasteiger partial charge in [0.05, 0.1) is 17.5 Å². The third-order valence-electron chi connectivity index (χ3n) is 8.42. The molecule has 0 radical (unpaired) electrons. The lowest BCUT2D eigenvalue weighted by Gasteiger charge is -2.37. The number of hydrogen-bond acceptors (Lipinski definition) is 4. The van der Waals surface area contributed by atoms with Gasteiger partial charge in [-0.15, -0.1) is 0 Å². The summed E-state index contributed by atoms with van der Waals surface area (Å²) >= 11 is 0. The summed E-state index contributed by atoms with van der Waals surface area (Å²) in [6.07, 6.45) is 5.49. The smallest absolute Gasteiger partial charge is 0.238 e. The van der Waals surface area contributed by atoms with Crippen LogP contribution in [0.4, 0.5) is 5.69 Å². The molecule has 5 nitrogen and oxygen atoms in total. The number of carbonyl (C=O) groups excluding carboxylic acids is 3. The second-order valence-electron chi connectivity index (χ2n) is 10.3. The molecule has 1 heterocycles. The Bertz CT molecular complexity index is 1370. The van der Waals surface area contributed by atoms with Crippen LogP contribution < -0.4 is 9.64 Å². The first-order valence-electron chi connectivity index (χ1n) is 12.6. The zero-order valence-corrected chi connectivity index (χ0v) is 19.6. The molecule has 2 bridgehead atoms. The molecule has 4 aliphatic carbocycles. The maximum atomic E-state index is 13.4. The van der Waals surface area contributed by atoms with Crippen molar-refractivity contribution in [1.29, 1.82) is 0 Å². The van der Waals surface area contributed by atoms with Gasteiger partial charge in [-0.05, 0) is 53.4 Å². The maximum absolute atomic E-state index is 13.4. The zero-order chi connectivity index (χ0) is 24.4. The van der Waals surface area contributed by atoms with Gasteiger partial charge in [-0.2, -0.15) is 0 Å². The molecule has 0 N–H and O–H groups in total. The minimum absolute atomic E-state index is 0.0959. The number of ether oxygens (including phenoxy) is 1. The molecule has 5 aliphatic rings. The molecule has 1 saturated heterocycles. The number of anilines is 1. The van der Waals surface area contributed by atoms with Gasteiger partial charge in [0, 0.05) is 11.6 Å². The van der Waals surface area contributed by atoms with Crippen LogP contribution in [0, 0.1) is 35.5 Å².